The maximum absolute atomic E-state index is 12.5. The third-order valence-corrected chi connectivity index (χ3v) is 6.08. The lowest BCUT2D eigenvalue weighted by atomic mass is 9.87. The predicted octanol–water partition coefficient (Wildman–Crippen LogP) is 3.14. The zero-order chi connectivity index (χ0) is 20.1. The molecule has 1 atom stereocenters. The molecule has 2 aliphatic heterocycles. The second-order valence-corrected chi connectivity index (χ2v) is 7.83. The van der Waals surface area contributed by atoms with E-state index in [4.69, 9.17) is 9.47 Å². The Kier molecular flexibility index (Phi) is 6.00. The van der Waals surface area contributed by atoms with Crippen LogP contribution in [0.2, 0.25) is 0 Å². The van der Waals surface area contributed by atoms with Gasteiger partial charge in [-0.2, -0.15) is 0 Å². The van der Waals surface area contributed by atoms with Gasteiger partial charge in [0.1, 0.15) is 5.75 Å². The Balaban J connectivity index is 1.29. The number of amides is 1. The molecule has 1 spiro atoms. The molecule has 3 heterocycles. The second-order valence-electron chi connectivity index (χ2n) is 7.83. The van der Waals surface area contributed by atoms with Crippen molar-refractivity contribution in [1.29, 1.82) is 0 Å². The minimum absolute atomic E-state index is 0.0257. The van der Waals surface area contributed by atoms with Crippen molar-refractivity contribution in [2.75, 3.05) is 37.7 Å². The van der Waals surface area contributed by atoms with Gasteiger partial charge in [-0.05, 0) is 50.5 Å². The molecule has 1 amide bonds. The Bertz CT molecular complexity index is 792. The molecule has 4 rings (SSSR count). The van der Waals surface area contributed by atoms with E-state index in [1.54, 1.807) is 18.5 Å². The van der Waals surface area contributed by atoms with Crippen LogP contribution in [0.1, 0.15) is 26.2 Å². The van der Waals surface area contributed by atoms with Crippen LogP contribution in [0.4, 0.5) is 5.69 Å². The average molecular weight is 396 g/mol. The second kappa shape index (κ2) is 8.82. The summed E-state index contributed by atoms with van der Waals surface area (Å²) in [7, 11) is 0. The molecule has 0 aliphatic carbocycles. The van der Waals surface area contributed by atoms with Crippen LogP contribution in [0.5, 0.6) is 5.75 Å². The van der Waals surface area contributed by atoms with Gasteiger partial charge in [0.15, 0.2) is 6.61 Å². The number of hydrogen-bond acceptors (Lipinski definition) is 5. The van der Waals surface area contributed by atoms with Gasteiger partial charge < -0.3 is 19.3 Å². The summed E-state index contributed by atoms with van der Waals surface area (Å²) in [6, 6.07) is 14.5. The number of aromatic nitrogens is 1. The Hall–Kier alpha value is -2.60. The lowest BCUT2D eigenvalue weighted by Crippen LogP contribution is -2.48. The number of pyridine rings is 1. The van der Waals surface area contributed by atoms with Crippen molar-refractivity contribution >= 4 is 11.6 Å². The maximum atomic E-state index is 12.5. The molecule has 2 aromatic rings. The van der Waals surface area contributed by atoms with Gasteiger partial charge in [-0.25, -0.2) is 0 Å². The SMILES string of the molecule is CCN(c1ccccc1)C1COC2(CCN(C(=O)COc3cccnc3)CC2)C1. The molecule has 2 aliphatic rings. The summed E-state index contributed by atoms with van der Waals surface area (Å²) in [5, 5.41) is 0. The summed E-state index contributed by atoms with van der Waals surface area (Å²) in [4.78, 5) is 20.8. The van der Waals surface area contributed by atoms with Crippen molar-refractivity contribution in [2.45, 2.75) is 37.8 Å². The van der Waals surface area contributed by atoms with E-state index in [0.29, 0.717) is 11.8 Å². The van der Waals surface area contributed by atoms with Crippen LogP contribution in [0, 0.1) is 0 Å². The summed E-state index contributed by atoms with van der Waals surface area (Å²) in [6.45, 7) is 5.41. The lowest BCUT2D eigenvalue weighted by molar-refractivity contribution is -0.138. The van der Waals surface area contributed by atoms with E-state index >= 15 is 0 Å². The summed E-state index contributed by atoms with van der Waals surface area (Å²) in [5.74, 6) is 0.648. The van der Waals surface area contributed by atoms with E-state index in [9.17, 15) is 4.79 Å². The Morgan fingerprint density at radius 3 is 2.72 bits per heavy atom. The molecule has 29 heavy (non-hydrogen) atoms. The molecule has 0 saturated carbocycles. The zero-order valence-corrected chi connectivity index (χ0v) is 17.0. The van der Waals surface area contributed by atoms with Crippen molar-refractivity contribution < 1.29 is 14.3 Å². The number of carbonyl (C=O) groups is 1. The Morgan fingerprint density at radius 2 is 2.03 bits per heavy atom. The number of para-hydroxylation sites is 1. The number of anilines is 1. The first-order chi connectivity index (χ1) is 14.2. The Morgan fingerprint density at radius 1 is 1.24 bits per heavy atom. The van der Waals surface area contributed by atoms with E-state index in [1.165, 1.54) is 5.69 Å². The van der Waals surface area contributed by atoms with Crippen molar-refractivity contribution in [2.24, 2.45) is 0 Å². The minimum atomic E-state index is -0.103. The number of nitrogens with zero attached hydrogens (tertiary/aromatic N) is 3. The number of rotatable bonds is 6. The quantitative estimate of drug-likeness (QED) is 0.752. The van der Waals surface area contributed by atoms with Crippen molar-refractivity contribution in [1.82, 2.24) is 9.88 Å². The summed E-state index contributed by atoms with van der Waals surface area (Å²) in [5.41, 5.74) is 1.15. The fourth-order valence-corrected chi connectivity index (χ4v) is 4.47. The van der Waals surface area contributed by atoms with E-state index in [-0.39, 0.29) is 18.1 Å². The molecule has 6 heteroatoms. The van der Waals surface area contributed by atoms with E-state index in [2.05, 4.69) is 47.1 Å². The number of benzene rings is 1. The van der Waals surface area contributed by atoms with Gasteiger partial charge in [-0.3, -0.25) is 9.78 Å². The smallest absolute Gasteiger partial charge is 0.260 e. The standard InChI is InChI=1S/C23H29N3O3/c1-2-26(19-7-4-3-5-8-19)20-15-23(29-17-20)10-13-25(14-11-23)22(27)18-28-21-9-6-12-24-16-21/h3-9,12,16,20H,2,10-11,13-15,17-18H2,1H3. The minimum Gasteiger partial charge on any atom is -0.482 e. The fraction of sp³-hybridized carbons (Fsp3) is 0.478. The van der Waals surface area contributed by atoms with Gasteiger partial charge in [-0.15, -0.1) is 0 Å². The zero-order valence-electron chi connectivity index (χ0n) is 17.0. The monoisotopic (exact) mass is 395 g/mol. The molecular weight excluding hydrogens is 366 g/mol. The molecule has 0 N–H and O–H groups in total. The van der Waals surface area contributed by atoms with Crippen LogP contribution in [0.25, 0.3) is 0 Å². The molecule has 6 nitrogen and oxygen atoms in total. The van der Waals surface area contributed by atoms with Gasteiger partial charge in [0.05, 0.1) is 24.4 Å². The van der Waals surface area contributed by atoms with Gasteiger partial charge >= 0.3 is 0 Å². The Labute approximate surface area is 172 Å². The van der Waals surface area contributed by atoms with Crippen molar-refractivity contribution in [3.8, 4) is 5.75 Å². The largest absolute Gasteiger partial charge is 0.482 e. The van der Waals surface area contributed by atoms with Crippen molar-refractivity contribution in [3.05, 3.63) is 54.9 Å². The van der Waals surface area contributed by atoms with Crippen LogP contribution < -0.4 is 9.64 Å². The first-order valence-electron chi connectivity index (χ1n) is 10.5. The number of ether oxygens (including phenoxy) is 2. The topological polar surface area (TPSA) is 54.9 Å². The summed E-state index contributed by atoms with van der Waals surface area (Å²) in [6.07, 6.45) is 6.09. The number of carbonyl (C=O) groups excluding carboxylic acids is 1. The highest BCUT2D eigenvalue weighted by molar-refractivity contribution is 5.77. The van der Waals surface area contributed by atoms with Gasteiger partial charge in [0.2, 0.25) is 0 Å². The molecular formula is C23H29N3O3. The summed E-state index contributed by atoms with van der Waals surface area (Å²) >= 11 is 0. The van der Waals surface area contributed by atoms with Gasteiger partial charge in [0, 0.05) is 31.5 Å². The summed E-state index contributed by atoms with van der Waals surface area (Å²) < 4.78 is 11.9. The van der Waals surface area contributed by atoms with Gasteiger partial charge in [-0.1, -0.05) is 18.2 Å². The highest BCUT2D eigenvalue weighted by Crippen LogP contribution is 2.38. The molecule has 1 unspecified atom stereocenters. The van der Waals surface area contributed by atoms with E-state index < -0.39 is 0 Å². The maximum Gasteiger partial charge on any atom is 0.260 e. The van der Waals surface area contributed by atoms with Crippen LogP contribution >= 0.6 is 0 Å². The molecule has 154 valence electrons. The average Bonchev–Trinajstić information content (AvgIpc) is 3.17. The van der Waals surface area contributed by atoms with Crippen LogP contribution in [0.15, 0.2) is 54.9 Å². The van der Waals surface area contributed by atoms with Crippen molar-refractivity contribution in [3.63, 3.8) is 0 Å². The highest BCUT2D eigenvalue weighted by atomic mass is 16.5. The third-order valence-electron chi connectivity index (χ3n) is 6.08. The molecule has 1 aromatic carbocycles. The fourth-order valence-electron chi connectivity index (χ4n) is 4.47. The number of likely N-dealkylation sites (tertiary alicyclic amines) is 1. The molecule has 0 bridgehead atoms. The first-order valence-corrected chi connectivity index (χ1v) is 10.5. The normalized spacial score (nSPS) is 20.6. The lowest BCUT2D eigenvalue weighted by Gasteiger charge is -2.39. The number of piperidine rings is 1. The highest BCUT2D eigenvalue weighted by Gasteiger charge is 2.44. The predicted molar refractivity (Wildman–Crippen MR) is 112 cm³/mol. The van der Waals surface area contributed by atoms with Crippen LogP contribution in [-0.2, 0) is 9.53 Å². The number of likely N-dealkylation sites (N-methyl/N-ethyl adjacent to an activating group) is 1. The molecule has 1 aromatic heterocycles. The first kappa shape index (κ1) is 19.7. The van der Waals surface area contributed by atoms with Crippen LogP contribution in [-0.4, -0.2) is 60.3 Å². The molecule has 0 radical (unpaired) electrons. The van der Waals surface area contributed by atoms with Gasteiger partial charge in [0.25, 0.3) is 5.91 Å². The van der Waals surface area contributed by atoms with Crippen LogP contribution in [0.3, 0.4) is 0 Å². The van der Waals surface area contributed by atoms with E-state index in [1.807, 2.05) is 11.0 Å². The third kappa shape index (κ3) is 4.53. The van der Waals surface area contributed by atoms with E-state index in [0.717, 1.165) is 45.5 Å². The number of hydrogen-bond donors (Lipinski definition) is 0. The molecule has 2 fully saturated rings. The molecule has 2 saturated heterocycles.